The Bertz CT molecular complexity index is 415. The van der Waals surface area contributed by atoms with Gasteiger partial charge in [-0.3, -0.25) is 0 Å². The topological polar surface area (TPSA) is 68.8 Å². The number of anilines is 1. The maximum absolute atomic E-state index is 11.6. The van der Waals surface area contributed by atoms with Gasteiger partial charge in [-0.25, -0.2) is 4.79 Å². The minimum absolute atomic E-state index is 0.316. The number of amides is 2. The summed E-state index contributed by atoms with van der Waals surface area (Å²) in [7, 11) is 4.55. The molecule has 0 radical (unpaired) electrons. The van der Waals surface area contributed by atoms with E-state index in [1.54, 1.807) is 12.1 Å². The van der Waals surface area contributed by atoms with Crippen LogP contribution in [-0.4, -0.2) is 39.7 Å². The molecule has 0 atom stereocenters. The van der Waals surface area contributed by atoms with Crippen LogP contribution in [0.15, 0.2) is 12.1 Å². The third-order valence-corrected chi connectivity index (χ3v) is 2.54. The van der Waals surface area contributed by atoms with Crippen molar-refractivity contribution in [2.75, 3.05) is 38.9 Å². The third kappa shape index (κ3) is 4.13. The van der Waals surface area contributed by atoms with Crippen LogP contribution in [0.2, 0.25) is 0 Å². The molecular weight excluding hydrogens is 268 g/mol. The van der Waals surface area contributed by atoms with Gasteiger partial charge in [-0.1, -0.05) is 0 Å². The number of methoxy groups -OCH3 is 3. The molecule has 106 valence electrons. The molecule has 1 rings (SSSR count). The van der Waals surface area contributed by atoms with Crippen molar-refractivity contribution in [3.63, 3.8) is 0 Å². The molecule has 0 spiro atoms. The summed E-state index contributed by atoms with van der Waals surface area (Å²) in [6.07, 6.45) is 0. The minimum Gasteiger partial charge on any atom is -0.493 e. The van der Waals surface area contributed by atoms with E-state index < -0.39 is 0 Å². The fraction of sp³-hybridized carbons (Fsp3) is 0.417. The monoisotopic (exact) mass is 286 g/mol. The molecule has 0 saturated carbocycles. The van der Waals surface area contributed by atoms with Gasteiger partial charge in [0.1, 0.15) is 0 Å². The average molecular weight is 286 g/mol. The molecule has 0 aliphatic rings. The molecule has 0 bridgehead atoms. The van der Waals surface area contributed by atoms with Crippen molar-refractivity contribution in [3.8, 4) is 17.2 Å². The molecule has 2 N–H and O–H groups in total. The fourth-order valence-electron chi connectivity index (χ4n) is 1.50. The Labute approximate surface area is 117 Å². The van der Waals surface area contributed by atoms with Crippen LogP contribution in [0.3, 0.4) is 0 Å². The second-order valence-corrected chi connectivity index (χ2v) is 3.97. The number of ether oxygens (including phenoxy) is 3. The van der Waals surface area contributed by atoms with Crippen LogP contribution in [0.5, 0.6) is 17.2 Å². The van der Waals surface area contributed by atoms with E-state index in [2.05, 4.69) is 23.3 Å². The first-order valence-electron chi connectivity index (χ1n) is 5.62. The Morgan fingerprint density at radius 2 is 1.74 bits per heavy atom. The smallest absolute Gasteiger partial charge is 0.319 e. The van der Waals surface area contributed by atoms with Crippen molar-refractivity contribution in [2.24, 2.45) is 0 Å². The van der Waals surface area contributed by atoms with Gasteiger partial charge < -0.3 is 24.8 Å². The summed E-state index contributed by atoms with van der Waals surface area (Å²) in [5.41, 5.74) is 0.547. The Hall–Kier alpha value is -1.76. The van der Waals surface area contributed by atoms with Gasteiger partial charge in [0, 0.05) is 24.4 Å². The van der Waals surface area contributed by atoms with E-state index in [0.29, 0.717) is 35.2 Å². The molecule has 0 aliphatic carbocycles. The quantitative estimate of drug-likeness (QED) is 0.697. The Morgan fingerprint density at radius 3 is 2.16 bits per heavy atom. The summed E-state index contributed by atoms with van der Waals surface area (Å²) in [4.78, 5) is 11.6. The summed E-state index contributed by atoms with van der Waals surface area (Å²) in [6.45, 7) is 0.485. The van der Waals surface area contributed by atoms with Gasteiger partial charge in [0.25, 0.3) is 0 Å². The number of carbonyl (C=O) groups is 1. The highest BCUT2D eigenvalue weighted by Gasteiger charge is 2.14. The van der Waals surface area contributed by atoms with Crippen molar-refractivity contribution in [2.45, 2.75) is 0 Å². The third-order valence-electron chi connectivity index (χ3n) is 2.32. The molecule has 0 aromatic heterocycles. The maximum atomic E-state index is 11.6. The van der Waals surface area contributed by atoms with Crippen molar-refractivity contribution >= 4 is 24.3 Å². The summed E-state index contributed by atoms with van der Waals surface area (Å²) < 4.78 is 15.6. The molecule has 0 saturated heterocycles. The molecule has 2 amide bonds. The zero-order valence-electron chi connectivity index (χ0n) is 11.1. The molecule has 19 heavy (non-hydrogen) atoms. The zero-order valence-corrected chi connectivity index (χ0v) is 12.0. The number of urea groups is 1. The number of carbonyl (C=O) groups excluding carboxylic acids is 1. The van der Waals surface area contributed by atoms with E-state index in [-0.39, 0.29) is 6.03 Å². The SMILES string of the molecule is COc1cc(NC(=O)NCCS)cc(OC)c1OC. The largest absolute Gasteiger partial charge is 0.493 e. The fourth-order valence-corrected chi connectivity index (χ4v) is 1.61. The summed E-state index contributed by atoms with van der Waals surface area (Å²) in [6, 6.07) is 2.99. The first-order valence-corrected chi connectivity index (χ1v) is 6.25. The lowest BCUT2D eigenvalue weighted by molar-refractivity contribution is 0.252. The van der Waals surface area contributed by atoms with E-state index in [0.717, 1.165) is 0 Å². The second-order valence-electron chi connectivity index (χ2n) is 3.52. The predicted molar refractivity (Wildman–Crippen MR) is 77.0 cm³/mol. The number of rotatable bonds is 6. The van der Waals surface area contributed by atoms with E-state index in [4.69, 9.17) is 14.2 Å². The van der Waals surface area contributed by atoms with Gasteiger partial charge in [0.05, 0.1) is 27.0 Å². The molecular formula is C12H18N2O4S. The molecule has 0 heterocycles. The lowest BCUT2D eigenvalue weighted by Gasteiger charge is -2.14. The van der Waals surface area contributed by atoms with Crippen LogP contribution in [0.4, 0.5) is 10.5 Å². The molecule has 0 fully saturated rings. The highest BCUT2D eigenvalue weighted by Crippen LogP contribution is 2.39. The second kappa shape index (κ2) is 7.63. The molecule has 6 nitrogen and oxygen atoms in total. The first-order chi connectivity index (χ1) is 9.15. The van der Waals surface area contributed by atoms with E-state index in [1.165, 1.54) is 21.3 Å². The van der Waals surface area contributed by atoms with E-state index in [9.17, 15) is 4.79 Å². The molecule has 0 unspecified atom stereocenters. The average Bonchev–Trinajstić information content (AvgIpc) is 2.43. The van der Waals surface area contributed by atoms with Gasteiger partial charge in [0.15, 0.2) is 11.5 Å². The maximum Gasteiger partial charge on any atom is 0.319 e. The van der Waals surface area contributed by atoms with E-state index >= 15 is 0 Å². The number of hydrogen-bond donors (Lipinski definition) is 3. The zero-order chi connectivity index (χ0) is 14.3. The Kier molecular flexibility index (Phi) is 6.14. The molecule has 7 heteroatoms. The highest BCUT2D eigenvalue weighted by atomic mass is 32.1. The first kappa shape index (κ1) is 15.3. The van der Waals surface area contributed by atoms with Crippen LogP contribution >= 0.6 is 12.6 Å². The number of thiol groups is 1. The molecule has 0 aliphatic heterocycles. The summed E-state index contributed by atoms with van der Waals surface area (Å²) in [5, 5.41) is 5.32. The summed E-state index contributed by atoms with van der Waals surface area (Å²) >= 11 is 4.01. The van der Waals surface area contributed by atoms with Gasteiger partial charge in [0.2, 0.25) is 5.75 Å². The predicted octanol–water partition coefficient (Wildman–Crippen LogP) is 1.76. The Morgan fingerprint density at radius 1 is 1.16 bits per heavy atom. The normalized spacial score (nSPS) is 9.68. The summed E-state index contributed by atoms with van der Waals surface area (Å²) in [5.74, 6) is 2.01. The van der Waals surface area contributed by atoms with E-state index in [1.807, 2.05) is 0 Å². The van der Waals surface area contributed by atoms with Crippen LogP contribution < -0.4 is 24.8 Å². The van der Waals surface area contributed by atoms with Crippen molar-refractivity contribution in [1.29, 1.82) is 0 Å². The lowest BCUT2D eigenvalue weighted by Crippen LogP contribution is -2.30. The number of hydrogen-bond acceptors (Lipinski definition) is 5. The highest BCUT2D eigenvalue weighted by molar-refractivity contribution is 7.80. The van der Waals surface area contributed by atoms with Crippen molar-refractivity contribution < 1.29 is 19.0 Å². The number of benzene rings is 1. The lowest BCUT2D eigenvalue weighted by atomic mass is 10.2. The van der Waals surface area contributed by atoms with Gasteiger partial charge >= 0.3 is 6.03 Å². The van der Waals surface area contributed by atoms with Crippen LogP contribution in [0, 0.1) is 0 Å². The van der Waals surface area contributed by atoms with Crippen LogP contribution in [-0.2, 0) is 0 Å². The van der Waals surface area contributed by atoms with Gasteiger partial charge in [-0.05, 0) is 0 Å². The number of nitrogens with one attached hydrogen (secondary N) is 2. The Balaban J connectivity index is 2.93. The van der Waals surface area contributed by atoms with Crippen LogP contribution in [0.25, 0.3) is 0 Å². The van der Waals surface area contributed by atoms with Gasteiger partial charge in [-0.15, -0.1) is 0 Å². The molecule has 1 aromatic rings. The minimum atomic E-state index is -0.316. The van der Waals surface area contributed by atoms with Crippen molar-refractivity contribution in [1.82, 2.24) is 5.32 Å². The van der Waals surface area contributed by atoms with Gasteiger partial charge in [-0.2, -0.15) is 12.6 Å². The molecule has 1 aromatic carbocycles. The van der Waals surface area contributed by atoms with Crippen LogP contribution in [0.1, 0.15) is 0 Å². The van der Waals surface area contributed by atoms with Crippen molar-refractivity contribution in [3.05, 3.63) is 12.1 Å². The standard InChI is InChI=1S/C12H18N2O4S/c1-16-9-6-8(14-12(15)13-4-5-19)7-10(17-2)11(9)18-3/h6-7,19H,4-5H2,1-3H3,(H2,13,14,15).